The zero-order valence-electron chi connectivity index (χ0n) is 26.6. The molecule has 1 saturated carbocycles. The predicted molar refractivity (Wildman–Crippen MR) is 154 cm³/mol. The third kappa shape index (κ3) is 7.53. The second-order valence-electron chi connectivity index (χ2n) is 16.6. The van der Waals surface area contributed by atoms with Crippen molar-refractivity contribution in [2.24, 2.45) is 22.7 Å². The Morgan fingerprint density at radius 1 is 0.553 bits per heavy atom. The van der Waals surface area contributed by atoms with Gasteiger partial charge in [0.05, 0.1) is 10.8 Å². The molecule has 6 nitrogen and oxygen atoms in total. The van der Waals surface area contributed by atoms with Crippen LogP contribution < -0.4 is 10.6 Å². The normalized spacial score (nSPS) is 29.9. The van der Waals surface area contributed by atoms with Gasteiger partial charge in [0.15, 0.2) is 0 Å². The van der Waals surface area contributed by atoms with Crippen LogP contribution in [0.5, 0.6) is 0 Å². The lowest BCUT2D eigenvalue weighted by Crippen LogP contribution is -2.60. The molecule has 38 heavy (non-hydrogen) atoms. The summed E-state index contributed by atoms with van der Waals surface area (Å²) in [4.78, 5) is 26.9. The highest BCUT2D eigenvalue weighted by molar-refractivity contribution is 5.77. The van der Waals surface area contributed by atoms with Crippen molar-refractivity contribution in [3.8, 4) is 0 Å². The van der Waals surface area contributed by atoms with E-state index in [1.165, 1.54) is 0 Å². The van der Waals surface area contributed by atoms with E-state index in [9.17, 15) is 9.59 Å². The minimum absolute atomic E-state index is 0.0608. The van der Waals surface area contributed by atoms with Crippen molar-refractivity contribution < 1.29 is 19.1 Å². The van der Waals surface area contributed by atoms with Crippen LogP contribution in [0.25, 0.3) is 0 Å². The summed E-state index contributed by atoms with van der Waals surface area (Å²) in [6, 6.07) is 0. The van der Waals surface area contributed by atoms with Crippen LogP contribution in [0.2, 0.25) is 0 Å². The maximum atomic E-state index is 13.4. The quantitative estimate of drug-likeness (QED) is 0.376. The van der Waals surface area contributed by atoms with Gasteiger partial charge in [-0.3, -0.25) is 9.59 Å². The zero-order valence-corrected chi connectivity index (χ0v) is 26.6. The molecule has 3 aliphatic rings. The Kier molecular flexibility index (Phi) is 8.56. The minimum Gasteiger partial charge on any atom is -0.462 e. The molecule has 1 aliphatic carbocycles. The summed E-state index contributed by atoms with van der Waals surface area (Å²) in [5.41, 5.74) is -1.32. The molecule has 2 heterocycles. The zero-order chi connectivity index (χ0) is 28.9. The van der Waals surface area contributed by atoms with E-state index in [4.69, 9.17) is 9.47 Å². The van der Waals surface area contributed by atoms with Crippen molar-refractivity contribution in [1.82, 2.24) is 10.6 Å². The van der Waals surface area contributed by atoms with Crippen molar-refractivity contribution in [3.63, 3.8) is 0 Å². The highest BCUT2D eigenvalue weighted by Gasteiger charge is 2.48. The van der Waals surface area contributed by atoms with Gasteiger partial charge >= 0.3 is 11.9 Å². The van der Waals surface area contributed by atoms with E-state index in [-0.39, 0.29) is 58.1 Å². The van der Waals surface area contributed by atoms with Crippen molar-refractivity contribution in [3.05, 3.63) is 0 Å². The van der Waals surface area contributed by atoms with E-state index in [0.717, 1.165) is 51.4 Å². The van der Waals surface area contributed by atoms with Crippen molar-refractivity contribution in [2.45, 2.75) is 169 Å². The van der Waals surface area contributed by atoms with Crippen LogP contribution in [0, 0.1) is 22.7 Å². The van der Waals surface area contributed by atoms with Crippen LogP contribution in [0.4, 0.5) is 0 Å². The van der Waals surface area contributed by atoms with E-state index in [0.29, 0.717) is 0 Å². The summed E-state index contributed by atoms with van der Waals surface area (Å²) in [6.07, 6.45) is 6.89. The lowest BCUT2D eigenvalue weighted by molar-refractivity contribution is -0.172. The Bertz CT molecular complexity index is 774. The number of esters is 2. The Balaban J connectivity index is 1.57. The first-order chi connectivity index (χ1) is 17.0. The SMILES string of the molecule is CC1(C)CC(OC(=O)C(C)(C)C2CCC(C(C)(C)C(=O)OC3CC(C)(C)NC(C)(C)C3)CC2)CC(C)(C)N1. The summed E-state index contributed by atoms with van der Waals surface area (Å²) < 4.78 is 12.3. The number of hydrogen-bond acceptors (Lipinski definition) is 6. The van der Waals surface area contributed by atoms with Crippen LogP contribution in [0.3, 0.4) is 0 Å². The topological polar surface area (TPSA) is 76.7 Å². The Morgan fingerprint density at radius 2 is 0.789 bits per heavy atom. The van der Waals surface area contributed by atoms with E-state index in [1.807, 2.05) is 0 Å². The van der Waals surface area contributed by atoms with Crippen LogP contribution in [0.15, 0.2) is 0 Å². The van der Waals surface area contributed by atoms with Gasteiger partial charge in [-0.25, -0.2) is 0 Å². The third-order valence-electron chi connectivity index (χ3n) is 9.67. The molecule has 0 unspecified atom stereocenters. The predicted octanol–water partition coefficient (Wildman–Crippen LogP) is 6.55. The van der Waals surface area contributed by atoms with Gasteiger partial charge in [0.25, 0.3) is 0 Å². The monoisotopic (exact) mass is 534 g/mol. The summed E-state index contributed by atoms with van der Waals surface area (Å²) in [7, 11) is 0. The van der Waals surface area contributed by atoms with Gasteiger partial charge in [0, 0.05) is 47.8 Å². The molecular formula is C32H58N2O4. The fraction of sp³-hybridized carbons (Fsp3) is 0.938. The van der Waals surface area contributed by atoms with Gasteiger partial charge in [-0.2, -0.15) is 0 Å². The third-order valence-corrected chi connectivity index (χ3v) is 9.67. The molecule has 0 amide bonds. The van der Waals surface area contributed by atoms with Crippen molar-refractivity contribution >= 4 is 11.9 Å². The molecule has 0 aromatic rings. The summed E-state index contributed by atoms with van der Waals surface area (Å²) in [5, 5.41) is 7.33. The van der Waals surface area contributed by atoms with Crippen molar-refractivity contribution in [2.75, 3.05) is 0 Å². The molecular weight excluding hydrogens is 476 g/mol. The first-order valence-electron chi connectivity index (χ1n) is 15.0. The molecule has 2 aliphatic heterocycles. The Morgan fingerprint density at radius 3 is 1.03 bits per heavy atom. The van der Waals surface area contributed by atoms with Crippen LogP contribution in [-0.4, -0.2) is 46.3 Å². The molecule has 2 N–H and O–H groups in total. The molecule has 0 bridgehead atoms. The number of ether oxygens (including phenoxy) is 2. The fourth-order valence-corrected chi connectivity index (χ4v) is 8.10. The minimum atomic E-state index is -0.541. The van der Waals surface area contributed by atoms with Gasteiger partial charge in [-0.1, -0.05) is 0 Å². The number of hydrogen-bond donors (Lipinski definition) is 2. The van der Waals surface area contributed by atoms with E-state index in [1.54, 1.807) is 0 Å². The molecule has 0 radical (unpaired) electrons. The molecule has 3 rings (SSSR count). The second-order valence-corrected chi connectivity index (χ2v) is 16.6. The van der Waals surface area contributed by atoms with Crippen LogP contribution in [-0.2, 0) is 19.1 Å². The molecule has 3 fully saturated rings. The fourth-order valence-electron chi connectivity index (χ4n) is 8.10. The van der Waals surface area contributed by atoms with Gasteiger partial charge in [0.2, 0.25) is 0 Å². The molecule has 0 aromatic heterocycles. The maximum absolute atomic E-state index is 13.4. The summed E-state index contributed by atoms with van der Waals surface area (Å²) >= 11 is 0. The molecule has 2 saturated heterocycles. The lowest BCUT2D eigenvalue weighted by Gasteiger charge is -2.47. The number of nitrogens with one attached hydrogen (secondary N) is 2. The second kappa shape index (κ2) is 10.4. The van der Waals surface area contributed by atoms with Crippen molar-refractivity contribution in [1.29, 1.82) is 0 Å². The lowest BCUT2D eigenvalue weighted by atomic mass is 9.63. The average molecular weight is 535 g/mol. The Labute approximate surface area is 233 Å². The summed E-state index contributed by atoms with van der Waals surface area (Å²) in [6.45, 7) is 25.7. The molecule has 0 spiro atoms. The average Bonchev–Trinajstić information content (AvgIpc) is 2.69. The number of piperidine rings is 2. The van der Waals surface area contributed by atoms with Crippen LogP contribution in [0.1, 0.15) is 134 Å². The highest BCUT2D eigenvalue weighted by atomic mass is 16.5. The van der Waals surface area contributed by atoms with Crippen LogP contribution >= 0.6 is 0 Å². The molecule has 6 heteroatoms. The van der Waals surface area contributed by atoms with Gasteiger partial charge < -0.3 is 20.1 Å². The summed E-state index contributed by atoms with van der Waals surface area (Å²) in [5.74, 6) is 0.363. The standard InChI is InChI=1S/C32H58N2O4/c1-27(2)17-23(18-28(3,4)33-27)37-25(35)31(9,10)21-13-15-22(16-14-21)32(11,12)26(36)38-24-19-29(5,6)34-30(7,8)20-24/h21-24,33-34H,13-20H2,1-12H3. The van der Waals surface area contributed by atoms with E-state index < -0.39 is 10.8 Å². The number of carbonyl (C=O) groups excluding carboxylic acids is 2. The smallest absolute Gasteiger partial charge is 0.312 e. The number of carbonyl (C=O) groups is 2. The van der Waals surface area contributed by atoms with Gasteiger partial charge in [-0.15, -0.1) is 0 Å². The molecule has 0 atom stereocenters. The largest absolute Gasteiger partial charge is 0.462 e. The number of rotatable bonds is 6. The first kappa shape index (κ1) is 31.4. The maximum Gasteiger partial charge on any atom is 0.312 e. The molecule has 220 valence electrons. The van der Waals surface area contributed by atoms with Gasteiger partial charge in [0.1, 0.15) is 12.2 Å². The van der Waals surface area contributed by atoms with E-state index in [2.05, 4.69) is 93.7 Å². The molecule has 0 aromatic carbocycles. The van der Waals surface area contributed by atoms with E-state index >= 15 is 0 Å². The first-order valence-corrected chi connectivity index (χ1v) is 15.0. The Hall–Kier alpha value is -1.14. The highest BCUT2D eigenvalue weighted by Crippen LogP contribution is 2.47. The van der Waals surface area contributed by atoms with Gasteiger partial charge in [-0.05, 0) is 121 Å².